The SMILES string of the molecule is CCC1(Cl)C(Br)(Br)C1(Cl)CC. The van der Waals surface area contributed by atoms with E-state index in [9.17, 15) is 0 Å². The van der Waals surface area contributed by atoms with Gasteiger partial charge >= 0.3 is 0 Å². The minimum atomic E-state index is -0.337. The summed E-state index contributed by atoms with van der Waals surface area (Å²) in [7, 11) is 0. The minimum Gasteiger partial charge on any atom is -0.115 e. The van der Waals surface area contributed by atoms with Gasteiger partial charge in [0.25, 0.3) is 0 Å². The zero-order valence-electron chi connectivity index (χ0n) is 6.43. The number of hydrogen-bond acceptors (Lipinski definition) is 0. The second kappa shape index (κ2) is 2.76. The predicted molar refractivity (Wildman–Crippen MR) is 58.3 cm³/mol. The number of hydrogen-bond donors (Lipinski definition) is 0. The van der Waals surface area contributed by atoms with Gasteiger partial charge in [-0.1, -0.05) is 45.7 Å². The van der Waals surface area contributed by atoms with E-state index in [1.165, 1.54) is 0 Å². The zero-order valence-corrected chi connectivity index (χ0v) is 11.1. The number of alkyl halides is 4. The maximum absolute atomic E-state index is 6.30. The molecule has 0 nitrogen and oxygen atoms in total. The van der Waals surface area contributed by atoms with Crippen LogP contribution < -0.4 is 0 Å². The highest BCUT2D eigenvalue weighted by Crippen LogP contribution is 2.77. The van der Waals surface area contributed by atoms with E-state index in [0.717, 1.165) is 12.8 Å². The fraction of sp³-hybridized carbons (Fsp3) is 1.00. The van der Waals surface area contributed by atoms with Gasteiger partial charge in [0.2, 0.25) is 0 Å². The van der Waals surface area contributed by atoms with Crippen LogP contribution in [0.5, 0.6) is 0 Å². The maximum atomic E-state index is 6.30. The number of halogens is 4. The minimum absolute atomic E-state index is 0.285. The molecule has 0 N–H and O–H groups in total. The first kappa shape index (κ1) is 10.6. The molecule has 11 heavy (non-hydrogen) atoms. The summed E-state index contributed by atoms with van der Waals surface area (Å²) in [6.45, 7) is 4.09. The molecule has 0 aromatic heterocycles. The summed E-state index contributed by atoms with van der Waals surface area (Å²) in [5.74, 6) is 0. The second-order valence-electron chi connectivity index (χ2n) is 2.88. The van der Waals surface area contributed by atoms with Crippen molar-refractivity contribution >= 4 is 55.1 Å². The summed E-state index contributed by atoms with van der Waals surface area (Å²) < 4.78 is -0.285. The molecule has 2 unspecified atom stereocenters. The Bertz CT molecular complexity index is 165. The van der Waals surface area contributed by atoms with Crippen molar-refractivity contribution < 1.29 is 0 Å². The maximum Gasteiger partial charge on any atom is 0.122 e. The molecule has 0 radical (unpaired) electrons. The molecule has 4 heteroatoms. The van der Waals surface area contributed by atoms with Gasteiger partial charge in [0, 0.05) is 0 Å². The summed E-state index contributed by atoms with van der Waals surface area (Å²) in [5.41, 5.74) is 0. The van der Waals surface area contributed by atoms with Crippen LogP contribution in [0.4, 0.5) is 0 Å². The van der Waals surface area contributed by atoms with E-state index >= 15 is 0 Å². The van der Waals surface area contributed by atoms with E-state index in [2.05, 4.69) is 31.9 Å². The average molecular weight is 325 g/mol. The Labute approximate surface area is 94.3 Å². The van der Waals surface area contributed by atoms with E-state index in [0.29, 0.717) is 0 Å². The topological polar surface area (TPSA) is 0 Å². The molecule has 0 aromatic rings. The molecule has 66 valence electrons. The molecule has 0 heterocycles. The highest BCUT2D eigenvalue weighted by Gasteiger charge is 2.83. The van der Waals surface area contributed by atoms with E-state index in [-0.39, 0.29) is 13.0 Å². The van der Waals surface area contributed by atoms with E-state index in [1.807, 2.05) is 13.8 Å². The molecule has 1 rings (SSSR count). The first-order chi connectivity index (χ1) is 4.87. The monoisotopic (exact) mass is 322 g/mol. The van der Waals surface area contributed by atoms with Crippen LogP contribution in [0.15, 0.2) is 0 Å². The Hall–Kier alpha value is 1.54. The second-order valence-corrected chi connectivity index (χ2v) is 7.62. The van der Waals surface area contributed by atoms with Crippen molar-refractivity contribution in [3.63, 3.8) is 0 Å². The molecule has 1 saturated carbocycles. The van der Waals surface area contributed by atoms with Crippen molar-refractivity contribution in [3.05, 3.63) is 0 Å². The Balaban J connectivity index is 2.91. The Kier molecular flexibility index (Phi) is 2.67. The molecule has 0 saturated heterocycles. The van der Waals surface area contributed by atoms with Gasteiger partial charge in [0.1, 0.15) is 3.23 Å². The summed E-state index contributed by atoms with van der Waals surface area (Å²) in [5, 5.41) is 0. The molecule has 0 amide bonds. The standard InChI is InChI=1S/C7H10Br2Cl2/c1-3-5(10)6(11,4-2)7(5,8)9/h3-4H2,1-2H3. The number of rotatable bonds is 2. The van der Waals surface area contributed by atoms with Crippen LogP contribution in [-0.4, -0.2) is 13.0 Å². The molecule has 0 spiro atoms. The lowest BCUT2D eigenvalue weighted by atomic mass is 10.2. The van der Waals surface area contributed by atoms with Gasteiger partial charge in [0.15, 0.2) is 0 Å². The molecule has 1 aliphatic carbocycles. The third-order valence-corrected chi connectivity index (χ3v) is 8.00. The van der Waals surface area contributed by atoms with Crippen molar-refractivity contribution in [1.82, 2.24) is 0 Å². The summed E-state index contributed by atoms with van der Waals surface area (Å²) in [6.07, 6.45) is 1.73. The first-order valence-corrected chi connectivity index (χ1v) is 5.97. The van der Waals surface area contributed by atoms with Crippen LogP contribution in [0, 0.1) is 0 Å². The van der Waals surface area contributed by atoms with Gasteiger partial charge < -0.3 is 0 Å². The van der Waals surface area contributed by atoms with Crippen molar-refractivity contribution in [1.29, 1.82) is 0 Å². The van der Waals surface area contributed by atoms with E-state index in [1.54, 1.807) is 0 Å². The molecule has 0 bridgehead atoms. The normalized spacial score (nSPS) is 47.5. The lowest BCUT2D eigenvalue weighted by molar-refractivity contribution is 0.720. The highest BCUT2D eigenvalue weighted by molar-refractivity contribution is 9.25. The van der Waals surface area contributed by atoms with Gasteiger partial charge in [-0.2, -0.15) is 0 Å². The molecule has 2 atom stereocenters. The van der Waals surface area contributed by atoms with Crippen LogP contribution in [0.1, 0.15) is 26.7 Å². The van der Waals surface area contributed by atoms with E-state index in [4.69, 9.17) is 23.2 Å². The largest absolute Gasteiger partial charge is 0.122 e. The van der Waals surface area contributed by atoms with Crippen LogP contribution in [0.3, 0.4) is 0 Å². The predicted octanol–water partition coefficient (Wildman–Crippen LogP) is 4.26. The quantitative estimate of drug-likeness (QED) is 0.666. The van der Waals surface area contributed by atoms with Crippen LogP contribution in [-0.2, 0) is 0 Å². The third kappa shape index (κ3) is 0.992. The molecule has 1 aliphatic rings. The Morgan fingerprint density at radius 1 is 1.00 bits per heavy atom. The molecule has 1 fully saturated rings. The van der Waals surface area contributed by atoms with Gasteiger partial charge in [-0.3, -0.25) is 0 Å². The van der Waals surface area contributed by atoms with E-state index < -0.39 is 0 Å². The van der Waals surface area contributed by atoms with Gasteiger partial charge in [-0.05, 0) is 12.8 Å². The summed E-state index contributed by atoms with van der Waals surface area (Å²) in [6, 6.07) is 0. The lowest BCUT2D eigenvalue weighted by Gasteiger charge is -2.07. The van der Waals surface area contributed by atoms with Crippen LogP contribution in [0.2, 0.25) is 0 Å². The molecular weight excluding hydrogens is 315 g/mol. The summed E-state index contributed by atoms with van der Waals surface area (Å²) in [4.78, 5) is -0.674. The van der Waals surface area contributed by atoms with Gasteiger partial charge in [-0.25, -0.2) is 0 Å². The summed E-state index contributed by atoms with van der Waals surface area (Å²) >= 11 is 19.6. The zero-order chi connectivity index (χ0) is 8.91. The first-order valence-electron chi connectivity index (χ1n) is 3.63. The highest BCUT2D eigenvalue weighted by atomic mass is 79.9. The third-order valence-electron chi connectivity index (χ3n) is 2.54. The van der Waals surface area contributed by atoms with Crippen molar-refractivity contribution in [2.75, 3.05) is 0 Å². The Morgan fingerprint density at radius 2 is 1.27 bits per heavy atom. The molecule has 0 aromatic carbocycles. The Morgan fingerprint density at radius 3 is 1.36 bits per heavy atom. The average Bonchev–Trinajstić information content (AvgIpc) is 2.32. The van der Waals surface area contributed by atoms with Crippen molar-refractivity contribution in [2.24, 2.45) is 0 Å². The fourth-order valence-electron chi connectivity index (χ4n) is 1.54. The van der Waals surface area contributed by atoms with Crippen LogP contribution in [0.25, 0.3) is 0 Å². The lowest BCUT2D eigenvalue weighted by Crippen LogP contribution is -2.11. The molecule has 0 aliphatic heterocycles. The fourth-order valence-corrected chi connectivity index (χ4v) is 5.10. The molecular formula is C7H10Br2Cl2. The van der Waals surface area contributed by atoms with Crippen molar-refractivity contribution in [2.45, 2.75) is 39.7 Å². The van der Waals surface area contributed by atoms with Crippen molar-refractivity contribution in [3.8, 4) is 0 Å². The van der Waals surface area contributed by atoms with Crippen LogP contribution >= 0.6 is 55.1 Å². The van der Waals surface area contributed by atoms with Gasteiger partial charge in [-0.15, -0.1) is 23.2 Å². The van der Waals surface area contributed by atoms with Gasteiger partial charge in [0.05, 0.1) is 9.75 Å². The smallest absolute Gasteiger partial charge is 0.115 e.